The second kappa shape index (κ2) is 3.94. The van der Waals surface area contributed by atoms with Crippen LogP contribution in [0.1, 0.15) is 18.9 Å². The summed E-state index contributed by atoms with van der Waals surface area (Å²) >= 11 is 0. The molecule has 1 aromatic carbocycles. The molecule has 1 rings (SSSR count). The van der Waals surface area contributed by atoms with Crippen molar-refractivity contribution in [1.82, 2.24) is 0 Å². The lowest BCUT2D eigenvalue weighted by Gasteiger charge is -2.25. The summed E-state index contributed by atoms with van der Waals surface area (Å²) in [5, 5.41) is 8.81. The first-order chi connectivity index (χ1) is 6.47. The number of nitrogens with two attached hydrogens (primary N) is 2. The van der Waals surface area contributed by atoms with E-state index in [4.69, 9.17) is 16.6 Å². The van der Waals surface area contributed by atoms with Gasteiger partial charge in [-0.3, -0.25) is 0 Å². The molecule has 0 amide bonds. The molecular weight excluding hydrogens is 183 g/mol. The van der Waals surface area contributed by atoms with Gasteiger partial charge in [-0.15, -0.1) is 0 Å². The second-order valence-electron chi connectivity index (χ2n) is 3.62. The number of hydrogen-bond acceptors (Lipinski definition) is 3. The van der Waals surface area contributed by atoms with Crippen molar-refractivity contribution in [2.75, 3.05) is 12.3 Å². The number of hydrogen-bond donors (Lipinski definition) is 3. The van der Waals surface area contributed by atoms with E-state index in [2.05, 4.69) is 0 Å². The quantitative estimate of drug-likeness (QED) is 0.633. The smallest absolute Gasteiger partial charge is 0.125 e. The zero-order valence-corrected chi connectivity index (χ0v) is 8.13. The highest BCUT2D eigenvalue weighted by Gasteiger charge is 2.22. The van der Waals surface area contributed by atoms with Crippen LogP contribution in [0, 0.1) is 5.82 Å². The third-order valence-electron chi connectivity index (χ3n) is 2.26. The second-order valence-corrected chi connectivity index (χ2v) is 3.62. The lowest BCUT2D eigenvalue weighted by atomic mass is 9.89. The Kier molecular flexibility index (Phi) is 3.08. The van der Waals surface area contributed by atoms with Gasteiger partial charge in [-0.25, -0.2) is 4.39 Å². The first-order valence-electron chi connectivity index (χ1n) is 4.42. The summed E-state index contributed by atoms with van der Waals surface area (Å²) in [4.78, 5) is 0. The van der Waals surface area contributed by atoms with Gasteiger partial charge in [-0.1, -0.05) is 6.07 Å². The summed E-state index contributed by atoms with van der Waals surface area (Å²) in [6, 6.07) is 4.10. The standard InChI is InChI=1S/C10H15FN2O/c1-10(13,4-5-14)8-3-2-7(11)6-9(8)12/h2-3,6,14H,4-5,12-13H2,1H3/t10-/m0/s1. The first kappa shape index (κ1) is 10.9. The predicted octanol–water partition coefficient (Wildman–Crippen LogP) is 0.964. The molecule has 0 bridgehead atoms. The van der Waals surface area contributed by atoms with Crippen LogP contribution in [0.25, 0.3) is 0 Å². The van der Waals surface area contributed by atoms with E-state index in [9.17, 15) is 4.39 Å². The van der Waals surface area contributed by atoms with Crippen LogP contribution in [0.4, 0.5) is 10.1 Å². The van der Waals surface area contributed by atoms with Crippen LogP contribution in [0.5, 0.6) is 0 Å². The maximum Gasteiger partial charge on any atom is 0.125 e. The number of nitrogen functional groups attached to an aromatic ring is 1. The highest BCUT2D eigenvalue weighted by molar-refractivity contribution is 5.50. The van der Waals surface area contributed by atoms with Gasteiger partial charge in [0.05, 0.1) is 0 Å². The molecule has 0 spiro atoms. The number of rotatable bonds is 3. The van der Waals surface area contributed by atoms with Crippen molar-refractivity contribution in [2.45, 2.75) is 18.9 Å². The molecule has 0 aliphatic carbocycles. The molecule has 1 atom stereocenters. The van der Waals surface area contributed by atoms with Crippen LogP contribution in [0.2, 0.25) is 0 Å². The molecule has 4 heteroatoms. The van der Waals surface area contributed by atoms with E-state index < -0.39 is 5.54 Å². The average Bonchev–Trinajstić information content (AvgIpc) is 2.02. The summed E-state index contributed by atoms with van der Waals surface area (Å²) in [7, 11) is 0. The van der Waals surface area contributed by atoms with Gasteiger partial charge in [0.25, 0.3) is 0 Å². The number of benzene rings is 1. The van der Waals surface area contributed by atoms with E-state index in [1.54, 1.807) is 13.0 Å². The largest absolute Gasteiger partial charge is 0.398 e. The minimum absolute atomic E-state index is 0.0240. The molecule has 3 nitrogen and oxygen atoms in total. The van der Waals surface area contributed by atoms with Crippen LogP contribution in [0.15, 0.2) is 18.2 Å². The maximum absolute atomic E-state index is 12.8. The van der Waals surface area contributed by atoms with E-state index in [0.29, 0.717) is 17.7 Å². The lowest BCUT2D eigenvalue weighted by Crippen LogP contribution is -2.34. The highest BCUT2D eigenvalue weighted by atomic mass is 19.1. The lowest BCUT2D eigenvalue weighted by molar-refractivity contribution is 0.247. The highest BCUT2D eigenvalue weighted by Crippen LogP contribution is 2.27. The van der Waals surface area contributed by atoms with Gasteiger partial charge >= 0.3 is 0 Å². The van der Waals surface area contributed by atoms with Gasteiger partial charge in [-0.2, -0.15) is 0 Å². The maximum atomic E-state index is 12.8. The van der Waals surface area contributed by atoms with Crippen molar-refractivity contribution in [1.29, 1.82) is 0 Å². The zero-order valence-electron chi connectivity index (χ0n) is 8.13. The fraction of sp³-hybridized carbons (Fsp3) is 0.400. The van der Waals surface area contributed by atoms with Crippen molar-refractivity contribution >= 4 is 5.69 Å². The van der Waals surface area contributed by atoms with Crippen molar-refractivity contribution in [3.63, 3.8) is 0 Å². The van der Waals surface area contributed by atoms with Crippen LogP contribution in [0.3, 0.4) is 0 Å². The first-order valence-corrected chi connectivity index (χ1v) is 4.42. The SMILES string of the molecule is C[C@](N)(CCO)c1ccc(F)cc1N. The Morgan fingerprint density at radius 2 is 2.14 bits per heavy atom. The van der Waals surface area contributed by atoms with Gasteiger partial charge in [-0.05, 0) is 31.0 Å². The van der Waals surface area contributed by atoms with Crippen LogP contribution >= 0.6 is 0 Å². The molecule has 5 N–H and O–H groups in total. The molecule has 78 valence electrons. The molecule has 0 aromatic heterocycles. The Balaban J connectivity index is 3.06. The summed E-state index contributed by atoms with van der Waals surface area (Å²) in [5.41, 5.74) is 11.8. The Hall–Kier alpha value is -1.13. The molecule has 0 aliphatic heterocycles. The third kappa shape index (κ3) is 2.21. The molecule has 0 unspecified atom stereocenters. The van der Waals surface area contributed by atoms with Crippen LogP contribution in [-0.4, -0.2) is 11.7 Å². The summed E-state index contributed by atoms with van der Waals surface area (Å²) in [6.45, 7) is 1.73. The summed E-state index contributed by atoms with van der Waals surface area (Å²) in [5.74, 6) is -0.383. The predicted molar refractivity (Wildman–Crippen MR) is 54.1 cm³/mol. The molecule has 14 heavy (non-hydrogen) atoms. The van der Waals surface area contributed by atoms with E-state index in [0.717, 1.165) is 0 Å². The molecular formula is C10H15FN2O. The Morgan fingerprint density at radius 3 is 2.64 bits per heavy atom. The van der Waals surface area contributed by atoms with E-state index in [1.165, 1.54) is 12.1 Å². The molecule has 0 aliphatic rings. The van der Waals surface area contributed by atoms with Crippen LogP contribution in [-0.2, 0) is 5.54 Å². The van der Waals surface area contributed by atoms with Crippen molar-refractivity contribution in [2.24, 2.45) is 5.73 Å². The van der Waals surface area contributed by atoms with E-state index in [1.807, 2.05) is 0 Å². The molecule has 0 heterocycles. The fourth-order valence-corrected chi connectivity index (χ4v) is 1.42. The minimum atomic E-state index is -0.716. The van der Waals surface area contributed by atoms with Gasteiger partial charge in [0.15, 0.2) is 0 Å². The molecule has 0 saturated heterocycles. The average molecular weight is 198 g/mol. The minimum Gasteiger partial charge on any atom is -0.398 e. The van der Waals surface area contributed by atoms with Gasteiger partial charge in [0.2, 0.25) is 0 Å². The van der Waals surface area contributed by atoms with Crippen molar-refractivity contribution in [3.05, 3.63) is 29.6 Å². The zero-order chi connectivity index (χ0) is 10.8. The van der Waals surface area contributed by atoms with Crippen molar-refractivity contribution < 1.29 is 9.50 Å². The Bertz CT molecular complexity index is 326. The molecule has 1 aromatic rings. The van der Waals surface area contributed by atoms with E-state index >= 15 is 0 Å². The Morgan fingerprint density at radius 1 is 1.50 bits per heavy atom. The van der Waals surface area contributed by atoms with Gasteiger partial charge < -0.3 is 16.6 Å². The number of anilines is 1. The third-order valence-corrected chi connectivity index (χ3v) is 2.26. The monoisotopic (exact) mass is 198 g/mol. The molecule has 0 fully saturated rings. The van der Waals surface area contributed by atoms with Crippen molar-refractivity contribution in [3.8, 4) is 0 Å². The molecule has 0 saturated carbocycles. The van der Waals surface area contributed by atoms with Gasteiger partial charge in [0, 0.05) is 17.8 Å². The fourth-order valence-electron chi connectivity index (χ4n) is 1.42. The number of aliphatic hydroxyl groups excluding tert-OH is 1. The number of halogens is 1. The van der Waals surface area contributed by atoms with Gasteiger partial charge in [0.1, 0.15) is 5.82 Å². The summed E-state index contributed by atoms with van der Waals surface area (Å²) in [6.07, 6.45) is 0.392. The number of aliphatic hydroxyl groups is 1. The topological polar surface area (TPSA) is 72.3 Å². The van der Waals surface area contributed by atoms with Crippen LogP contribution < -0.4 is 11.5 Å². The molecule has 0 radical (unpaired) electrons. The van der Waals surface area contributed by atoms with E-state index in [-0.39, 0.29) is 12.4 Å². The normalized spacial score (nSPS) is 15.1. The summed E-state index contributed by atoms with van der Waals surface area (Å²) < 4.78 is 12.8. The Labute approximate surface area is 82.5 Å².